The summed E-state index contributed by atoms with van der Waals surface area (Å²) < 4.78 is 11.1. The van der Waals surface area contributed by atoms with Gasteiger partial charge in [-0.3, -0.25) is 14.5 Å². The van der Waals surface area contributed by atoms with Crippen molar-refractivity contribution in [2.45, 2.75) is 36.8 Å². The normalized spacial score (nSPS) is 33.7. The molecule has 27 heavy (non-hydrogen) atoms. The Bertz CT molecular complexity index is 722. The van der Waals surface area contributed by atoms with E-state index in [9.17, 15) is 19.8 Å². The lowest BCUT2D eigenvalue weighted by Gasteiger charge is -2.36. The van der Waals surface area contributed by atoms with Crippen LogP contribution in [0, 0.1) is 5.92 Å². The Kier molecular flexibility index (Phi) is 5.98. The van der Waals surface area contributed by atoms with Crippen LogP contribution in [0.15, 0.2) is 42.6 Å². The number of ketones is 1. The van der Waals surface area contributed by atoms with Crippen molar-refractivity contribution >= 4 is 23.3 Å². The number of alkyl halides is 1. The van der Waals surface area contributed by atoms with Crippen molar-refractivity contribution in [3.63, 3.8) is 0 Å². The number of carbonyl (C=O) groups is 2. The lowest BCUT2D eigenvalue weighted by atomic mass is 9.96. The predicted molar refractivity (Wildman–Crippen MR) is 96.6 cm³/mol. The lowest BCUT2D eigenvalue weighted by molar-refractivity contribution is -0.153. The average molecular weight is 396 g/mol. The molecule has 0 saturated carbocycles. The summed E-state index contributed by atoms with van der Waals surface area (Å²) in [7, 11) is 0. The van der Waals surface area contributed by atoms with E-state index in [0.717, 1.165) is 5.56 Å². The van der Waals surface area contributed by atoms with E-state index in [2.05, 4.69) is 0 Å². The summed E-state index contributed by atoms with van der Waals surface area (Å²) in [5, 5.41) is 19.5. The average Bonchev–Trinajstić information content (AvgIpc) is 2.88. The number of carbonyl (C=O) groups excluding carboxylic acids is 2. The SMILES string of the molecule is C[C@@]1(Cl)[C@H](O)[C@@H](CO)O[C@H]1N1C=CC(=O)C(COCc2ccccc2)C1=O. The molecule has 1 unspecified atom stereocenters. The van der Waals surface area contributed by atoms with Crippen molar-refractivity contribution in [2.75, 3.05) is 13.2 Å². The van der Waals surface area contributed by atoms with Gasteiger partial charge in [-0.05, 0) is 18.6 Å². The van der Waals surface area contributed by atoms with Gasteiger partial charge in [0, 0.05) is 6.20 Å². The maximum Gasteiger partial charge on any atom is 0.241 e. The van der Waals surface area contributed by atoms with E-state index in [-0.39, 0.29) is 19.0 Å². The molecule has 2 N–H and O–H groups in total. The van der Waals surface area contributed by atoms with Gasteiger partial charge >= 0.3 is 0 Å². The molecule has 0 bridgehead atoms. The second kappa shape index (κ2) is 8.08. The standard InChI is InChI=1S/C19H22ClNO6/c1-19(20)16(24)15(9-22)27-18(19)21-8-7-14(23)13(17(21)25)11-26-10-12-5-3-2-4-6-12/h2-8,13,15-16,18,22,24H,9-11H2,1H3/t13?,15-,16-,18-,19-/m1/s1. The van der Waals surface area contributed by atoms with Gasteiger partial charge in [0.15, 0.2) is 12.0 Å². The van der Waals surface area contributed by atoms with Gasteiger partial charge < -0.3 is 19.7 Å². The quantitative estimate of drug-likeness (QED) is 0.547. The van der Waals surface area contributed by atoms with E-state index in [1.165, 1.54) is 24.1 Å². The fourth-order valence-corrected chi connectivity index (χ4v) is 3.52. The number of rotatable bonds is 6. The summed E-state index contributed by atoms with van der Waals surface area (Å²) in [5.41, 5.74) is 0.932. The van der Waals surface area contributed by atoms with E-state index in [1.54, 1.807) is 0 Å². The first-order valence-electron chi connectivity index (χ1n) is 8.65. The summed E-state index contributed by atoms with van der Waals surface area (Å²) in [6.07, 6.45) is -0.520. The largest absolute Gasteiger partial charge is 0.394 e. The van der Waals surface area contributed by atoms with Crippen LogP contribution in [0.1, 0.15) is 12.5 Å². The van der Waals surface area contributed by atoms with Crippen molar-refractivity contribution in [3.05, 3.63) is 48.2 Å². The maximum atomic E-state index is 12.8. The number of aliphatic hydroxyl groups is 2. The van der Waals surface area contributed by atoms with Gasteiger partial charge in [0.1, 0.15) is 23.0 Å². The number of nitrogens with zero attached hydrogens (tertiary/aromatic N) is 1. The molecule has 2 aliphatic rings. The molecule has 8 heteroatoms. The number of aliphatic hydroxyl groups excluding tert-OH is 2. The molecule has 2 heterocycles. The Morgan fingerprint density at radius 2 is 2.00 bits per heavy atom. The van der Waals surface area contributed by atoms with Crippen LogP contribution in [0.2, 0.25) is 0 Å². The Morgan fingerprint density at radius 3 is 2.63 bits per heavy atom. The predicted octanol–water partition coefficient (Wildman–Crippen LogP) is 0.820. The van der Waals surface area contributed by atoms with Crippen LogP contribution in [0.5, 0.6) is 0 Å². The summed E-state index contributed by atoms with van der Waals surface area (Å²) >= 11 is 6.39. The zero-order valence-corrected chi connectivity index (χ0v) is 15.6. The molecule has 1 aromatic rings. The Labute approximate surface area is 162 Å². The third-order valence-corrected chi connectivity index (χ3v) is 5.25. The summed E-state index contributed by atoms with van der Waals surface area (Å²) in [6.45, 7) is 1.29. The zero-order chi connectivity index (χ0) is 19.6. The molecular formula is C19H22ClNO6. The van der Waals surface area contributed by atoms with Crippen LogP contribution >= 0.6 is 11.6 Å². The van der Waals surface area contributed by atoms with Gasteiger partial charge in [0.2, 0.25) is 5.91 Å². The van der Waals surface area contributed by atoms with Crippen LogP contribution in [-0.2, 0) is 25.7 Å². The molecule has 1 amide bonds. The molecule has 0 spiro atoms. The third-order valence-electron chi connectivity index (χ3n) is 4.84. The second-order valence-corrected chi connectivity index (χ2v) is 7.64. The van der Waals surface area contributed by atoms with E-state index in [1.807, 2.05) is 30.3 Å². The number of benzene rings is 1. The Morgan fingerprint density at radius 1 is 1.30 bits per heavy atom. The van der Waals surface area contributed by atoms with Gasteiger partial charge in [-0.2, -0.15) is 0 Å². The van der Waals surface area contributed by atoms with Crippen LogP contribution in [0.4, 0.5) is 0 Å². The van der Waals surface area contributed by atoms with E-state index in [0.29, 0.717) is 0 Å². The lowest BCUT2D eigenvalue weighted by Crippen LogP contribution is -2.53. The first-order chi connectivity index (χ1) is 12.9. The fraction of sp³-hybridized carbons (Fsp3) is 0.474. The highest BCUT2D eigenvalue weighted by atomic mass is 35.5. The minimum atomic E-state index is -1.33. The van der Waals surface area contributed by atoms with Gasteiger partial charge in [-0.1, -0.05) is 30.3 Å². The monoisotopic (exact) mass is 395 g/mol. The molecular weight excluding hydrogens is 374 g/mol. The fourth-order valence-electron chi connectivity index (χ4n) is 3.22. The summed E-state index contributed by atoms with van der Waals surface area (Å²) in [6, 6.07) is 9.42. The molecule has 0 aliphatic carbocycles. The molecule has 5 atom stereocenters. The van der Waals surface area contributed by atoms with Crippen LogP contribution in [0.25, 0.3) is 0 Å². The number of hydrogen-bond donors (Lipinski definition) is 2. The topological polar surface area (TPSA) is 96.3 Å². The smallest absolute Gasteiger partial charge is 0.241 e. The number of amides is 1. The minimum absolute atomic E-state index is 0.0783. The summed E-state index contributed by atoms with van der Waals surface area (Å²) in [5.74, 6) is -1.89. The molecule has 0 radical (unpaired) electrons. The van der Waals surface area contributed by atoms with Gasteiger partial charge in [0.05, 0.1) is 19.8 Å². The van der Waals surface area contributed by atoms with Crippen molar-refractivity contribution in [2.24, 2.45) is 5.92 Å². The molecule has 2 aliphatic heterocycles. The van der Waals surface area contributed by atoms with Gasteiger partial charge in [-0.25, -0.2) is 0 Å². The Balaban J connectivity index is 1.69. The molecule has 1 saturated heterocycles. The van der Waals surface area contributed by atoms with Crippen LogP contribution in [0.3, 0.4) is 0 Å². The minimum Gasteiger partial charge on any atom is -0.394 e. The van der Waals surface area contributed by atoms with Crippen molar-refractivity contribution in [3.8, 4) is 0 Å². The van der Waals surface area contributed by atoms with E-state index in [4.69, 9.17) is 21.1 Å². The second-order valence-electron chi connectivity index (χ2n) is 6.82. The highest BCUT2D eigenvalue weighted by molar-refractivity contribution is 6.25. The number of allylic oxidation sites excluding steroid dienone is 1. The van der Waals surface area contributed by atoms with Gasteiger partial charge in [0.25, 0.3) is 0 Å². The van der Waals surface area contributed by atoms with Crippen LogP contribution < -0.4 is 0 Å². The number of ether oxygens (including phenoxy) is 2. The van der Waals surface area contributed by atoms with Crippen LogP contribution in [-0.4, -0.2) is 63.3 Å². The molecule has 146 valence electrons. The van der Waals surface area contributed by atoms with Gasteiger partial charge in [-0.15, -0.1) is 11.6 Å². The molecule has 1 fully saturated rings. The molecule has 3 rings (SSSR count). The molecule has 1 aromatic carbocycles. The zero-order valence-electron chi connectivity index (χ0n) is 14.8. The van der Waals surface area contributed by atoms with Crippen molar-refractivity contribution in [1.29, 1.82) is 0 Å². The number of halogens is 1. The first kappa shape index (κ1) is 20.0. The van der Waals surface area contributed by atoms with Crippen molar-refractivity contribution < 1.29 is 29.3 Å². The van der Waals surface area contributed by atoms with Crippen molar-refractivity contribution in [1.82, 2.24) is 4.90 Å². The molecule has 7 nitrogen and oxygen atoms in total. The number of hydrogen-bond acceptors (Lipinski definition) is 6. The molecule has 0 aromatic heterocycles. The maximum absolute atomic E-state index is 12.8. The highest BCUT2D eigenvalue weighted by Gasteiger charge is 2.56. The third kappa shape index (κ3) is 3.93. The van der Waals surface area contributed by atoms with E-state index >= 15 is 0 Å². The Hall–Kier alpha value is -1.77. The van der Waals surface area contributed by atoms with E-state index < -0.39 is 41.7 Å². The summed E-state index contributed by atoms with van der Waals surface area (Å²) in [4.78, 5) is 24.9. The highest BCUT2D eigenvalue weighted by Crippen LogP contribution is 2.39. The first-order valence-corrected chi connectivity index (χ1v) is 9.03.